The third-order valence-electron chi connectivity index (χ3n) is 5.55. The van der Waals surface area contributed by atoms with E-state index in [1.807, 2.05) is 6.07 Å². The number of benzene rings is 1. The third-order valence-corrected chi connectivity index (χ3v) is 8.74. The lowest BCUT2D eigenvalue weighted by Gasteiger charge is -2.21. The Morgan fingerprint density at radius 1 is 1.07 bits per heavy atom. The summed E-state index contributed by atoms with van der Waals surface area (Å²) >= 11 is 5.63. The van der Waals surface area contributed by atoms with Gasteiger partial charge in [0.1, 0.15) is 9.57 Å². The molecule has 1 aliphatic rings. The molecule has 0 atom stereocenters. The molecule has 1 N–H and O–H groups in total. The van der Waals surface area contributed by atoms with Gasteiger partial charge in [-0.2, -0.15) is 0 Å². The Bertz CT molecular complexity index is 814. The fourth-order valence-corrected chi connectivity index (χ4v) is 6.79. The number of unbranched alkanes of at least 4 members (excludes halogenated alkanes) is 3. The van der Waals surface area contributed by atoms with Gasteiger partial charge in [0.2, 0.25) is 0 Å². The van der Waals surface area contributed by atoms with Crippen molar-refractivity contribution in [2.45, 2.75) is 52.0 Å². The fourth-order valence-electron chi connectivity index (χ4n) is 3.79. The maximum atomic E-state index is 10.5. The number of hydrogen-bond donors (Lipinski definition) is 1. The van der Waals surface area contributed by atoms with Crippen LogP contribution in [-0.2, 0) is 13.0 Å². The van der Waals surface area contributed by atoms with Gasteiger partial charge in [0.25, 0.3) is 0 Å². The van der Waals surface area contributed by atoms with Crippen molar-refractivity contribution in [3.63, 3.8) is 0 Å². The zero-order valence-corrected chi connectivity index (χ0v) is 19.5. The molecule has 0 radical (unpaired) electrons. The van der Waals surface area contributed by atoms with Crippen molar-refractivity contribution in [3.05, 3.63) is 33.1 Å². The van der Waals surface area contributed by atoms with Crippen molar-refractivity contribution < 1.29 is 5.11 Å². The van der Waals surface area contributed by atoms with Crippen molar-refractivity contribution in [1.82, 2.24) is 9.80 Å². The molecule has 1 saturated heterocycles. The highest BCUT2D eigenvalue weighted by Crippen LogP contribution is 2.37. The summed E-state index contributed by atoms with van der Waals surface area (Å²) in [6.45, 7) is 7.45. The fraction of sp³-hybridized carbons (Fsp3) is 0.591. The second-order valence-corrected chi connectivity index (χ2v) is 10.7. The zero-order valence-electron chi connectivity index (χ0n) is 17.1. The highest BCUT2D eigenvalue weighted by Gasteiger charge is 2.16. The lowest BCUT2D eigenvalue weighted by atomic mass is 10.0. The first-order chi connectivity index (χ1) is 13.6. The molecule has 0 saturated carbocycles. The number of rotatable bonds is 8. The van der Waals surface area contributed by atoms with Gasteiger partial charge >= 0.3 is 0 Å². The molecule has 0 amide bonds. The summed E-state index contributed by atoms with van der Waals surface area (Å²) in [6.07, 6.45) is 7.29. The van der Waals surface area contributed by atoms with Crippen molar-refractivity contribution in [1.29, 1.82) is 0 Å². The van der Waals surface area contributed by atoms with Crippen LogP contribution in [0.5, 0.6) is 5.75 Å². The van der Waals surface area contributed by atoms with E-state index >= 15 is 0 Å². The van der Waals surface area contributed by atoms with Crippen molar-refractivity contribution in [2.75, 3.05) is 33.2 Å². The van der Waals surface area contributed by atoms with E-state index in [1.54, 1.807) is 20.7 Å². The molecule has 3 rings (SSSR count). The standard InChI is InChI=1S/C22H32N2OS3/c1-3-4-5-6-8-19-21(27-28-22(19)26)17-9-10-20(25)18(15-17)16-24-12-7-11-23(2)13-14-24/h9-10,15,25H,3-8,11-14,16H2,1-2H3. The molecule has 2 aromatic rings. The summed E-state index contributed by atoms with van der Waals surface area (Å²) < 4.78 is 1.04. The second kappa shape index (κ2) is 10.8. The Morgan fingerprint density at radius 3 is 2.75 bits per heavy atom. The van der Waals surface area contributed by atoms with Crippen LogP contribution in [0.3, 0.4) is 0 Å². The zero-order chi connectivity index (χ0) is 19.9. The van der Waals surface area contributed by atoms with Crippen LogP contribution >= 0.6 is 32.9 Å². The number of likely N-dealkylation sites (N-methyl/N-ethyl adjacent to an activating group) is 1. The molecule has 154 valence electrons. The smallest absolute Gasteiger partial charge is 0.120 e. The van der Waals surface area contributed by atoms with Crippen LogP contribution in [0.25, 0.3) is 10.4 Å². The summed E-state index contributed by atoms with van der Waals surface area (Å²) in [7, 11) is 5.70. The molecule has 1 fully saturated rings. The predicted octanol–water partition coefficient (Wildman–Crippen LogP) is 6.17. The first kappa shape index (κ1) is 21.9. The monoisotopic (exact) mass is 436 g/mol. The molecular formula is C22H32N2OS3. The Kier molecular flexibility index (Phi) is 8.48. The van der Waals surface area contributed by atoms with Crippen LogP contribution in [0, 0.1) is 3.82 Å². The first-order valence-corrected chi connectivity index (χ1v) is 13.0. The van der Waals surface area contributed by atoms with Crippen LogP contribution in [0.15, 0.2) is 18.2 Å². The molecule has 0 spiro atoms. The summed E-state index contributed by atoms with van der Waals surface area (Å²) in [6, 6.07) is 6.10. The van der Waals surface area contributed by atoms with Gasteiger partial charge < -0.3 is 10.0 Å². The van der Waals surface area contributed by atoms with E-state index in [1.165, 1.54) is 48.1 Å². The molecule has 1 aliphatic heterocycles. The normalized spacial score (nSPS) is 16.4. The quantitative estimate of drug-likeness (QED) is 0.304. The van der Waals surface area contributed by atoms with Crippen LogP contribution in [-0.4, -0.2) is 48.1 Å². The topological polar surface area (TPSA) is 26.7 Å². The number of phenols is 1. The molecule has 2 heterocycles. The maximum absolute atomic E-state index is 10.5. The molecule has 1 aromatic heterocycles. The maximum Gasteiger partial charge on any atom is 0.120 e. The van der Waals surface area contributed by atoms with E-state index in [4.69, 9.17) is 12.2 Å². The van der Waals surface area contributed by atoms with Crippen LogP contribution < -0.4 is 0 Å². The van der Waals surface area contributed by atoms with E-state index in [2.05, 4.69) is 35.9 Å². The molecule has 28 heavy (non-hydrogen) atoms. The predicted molar refractivity (Wildman–Crippen MR) is 125 cm³/mol. The number of phenolic OH excluding ortho intramolecular Hbond substituents is 1. The van der Waals surface area contributed by atoms with Gasteiger partial charge in [0, 0.05) is 25.2 Å². The average molecular weight is 437 g/mol. The average Bonchev–Trinajstić information content (AvgIpc) is 2.92. The molecule has 0 unspecified atom stereocenters. The summed E-state index contributed by atoms with van der Waals surface area (Å²) in [5.41, 5.74) is 3.58. The van der Waals surface area contributed by atoms with E-state index in [-0.39, 0.29) is 0 Å². The van der Waals surface area contributed by atoms with Crippen molar-refractivity contribution >= 4 is 32.9 Å². The summed E-state index contributed by atoms with van der Waals surface area (Å²) in [4.78, 5) is 6.16. The lowest BCUT2D eigenvalue weighted by Crippen LogP contribution is -2.28. The minimum Gasteiger partial charge on any atom is -0.508 e. The van der Waals surface area contributed by atoms with Gasteiger partial charge in [-0.1, -0.05) is 59.1 Å². The largest absolute Gasteiger partial charge is 0.508 e. The number of aromatic hydroxyl groups is 1. The molecular weight excluding hydrogens is 404 g/mol. The van der Waals surface area contributed by atoms with Crippen molar-refractivity contribution in [2.24, 2.45) is 0 Å². The van der Waals surface area contributed by atoms with Gasteiger partial charge in [0.05, 0.1) is 4.88 Å². The van der Waals surface area contributed by atoms with E-state index in [0.29, 0.717) is 5.75 Å². The van der Waals surface area contributed by atoms with Crippen LogP contribution in [0.4, 0.5) is 0 Å². The van der Waals surface area contributed by atoms with Gasteiger partial charge in [0.15, 0.2) is 0 Å². The van der Waals surface area contributed by atoms with E-state index < -0.39 is 0 Å². The molecule has 3 nitrogen and oxygen atoms in total. The Morgan fingerprint density at radius 2 is 1.93 bits per heavy atom. The SMILES string of the molecule is CCCCCCc1c(-c2ccc(O)c(CN3CCCN(C)CC3)c2)ssc1=S. The Hall–Kier alpha value is -0.790. The Balaban J connectivity index is 1.77. The highest BCUT2D eigenvalue weighted by molar-refractivity contribution is 7.80. The summed E-state index contributed by atoms with van der Waals surface area (Å²) in [5.74, 6) is 0.407. The minimum atomic E-state index is 0.407. The second-order valence-electron chi connectivity index (χ2n) is 7.85. The molecule has 0 aliphatic carbocycles. The lowest BCUT2D eigenvalue weighted by molar-refractivity contribution is 0.266. The Labute approximate surface area is 182 Å². The highest BCUT2D eigenvalue weighted by atomic mass is 32.9. The minimum absolute atomic E-state index is 0.407. The molecule has 0 bridgehead atoms. The van der Waals surface area contributed by atoms with Gasteiger partial charge in [-0.25, -0.2) is 0 Å². The van der Waals surface area contributed by atoms with Crippen LogP contribution in [0.2, 0.25) is 0 Å². The van der Waals surface area contributed by atoms with Crippen LogP contribution in [0.1, 0.15) is 50.2 Å². The van der Waals surface area contributed by atoms with Gasteiger partial charge in [-0.3, -0.25) is 4.90 Å². The molecule has 6 heteroatoms. The number of hydrogen-bond acceptors (Lipinski definition) is 6. The van der Waals surface area contributed by atoms with Crippen molar-refractivity contribution in [3.8, 4) is 16.2 Å². The first-order valence-electron chi connectivity index (χ1n) is 10.4. The summed E-state index contributed by atoms with van der Waals surface area (Å²) in [5, 5.41) is 10.5. The molecule has 1 aromatic carbocycles. The number of nitrogens with zero attached hydrogens (tertiary/aromatic N) is 2. The third kappa shape index (κ3) is 5.86. The van der Waals surface area contributed by atoms with Gasteiger partial charge in [-0.05, 0) is 68.7 Å². The van der Waals surface area contributed by atoms with Gasteiger partial charge in [-0.15, -0.1) is 0 Å². The van der Waals surface area contributed by atoms with E-state index in [0.717, 1.165) is 48.5 Å². The van der Waals surface area contributed by atoms with E-state index in [9.17, 15) is 5.11 Å².